The molecule has 3 aromatic carbocycles. The van der Waals surface area contributed by atoms with Gasteiger partial charge in [0.15, 0.2) is 5.69 Å². The Balaban J connectivity index is 1.45. The lowest BCUT2D eigenvalue weighted by atomic mass is 10.1. The lowest BCUT2D eigenvalue weighted by Crippen LogP contribution is -2.49. The van der Waals surface area contributed by atoms with Crippen LogP contribution in [-0.2, 0) is 0 Å². The maximum absolute atomic E-state index is 13.6. The molecule has 0 atom stereocenters. The Hall–Kier alpha value is -4.33. The number of piperazine rings is 1. The number of rotatable bonds is 5. The van der Waals surface area contributed by atoms with E-state index in [0.29, 0.717) is 48.4 Å². The molecule has 1 amide bonds. The van der Waals surface area contributed by atoms with Crippen molar-refractivity contribution in [1.29, 1.82) is 0 Å². The molecule has 178 valence electrons. The highest BCUT2D eigenvalue weighted by Gasteiger charge is 2.26. The fraction of sp³-hybridized carbons (Fsp3) is 0.222. The van der Waals surface area contributed by atoms with Gasteiger partial charge in [-0.25, -0.2) is 0 Å². The number of hydrogen-bond donors (Lipinski definition) is 0. The molecule has 1 fully saturated rings. The van der Waals surface area contributed by atoms with Crippen LogP contribution in [0.3, 0.4) is 0 Å². The minimum absolute atomic E-state index is 0.188. The summed E-state index contributed by atoms with van der Waals surface area (Å²) in [5.74, 6) is 1.23. The van der Waals surface area contributed by atoms with E-state index in [1.807, 2.05) is 30.3 Å². The molecule has 0 bridgehead atoms. The number of benzene rings is 3. The Labute approximate surface area is 202 Å². The van der Waals surface area contributed by atoms with E-state index in [-0.39, 0.29) is 17.2 Å². The second-order valence-electron chi connectivity index (χ2n) is 8.29. The average Bonchev–Trinajstić information content (AvgIpc) is 2.93. The molecule has 0 radical (unpaired) electrons. The average molecular weight is 471 g/mol. The lowest BCUT2D eigenvalue weighted by Gasteiger charge is -2.36. The van der Waals surface area contributed by atoms with Gasteiger partial charge in [0.25, 0.3) is 11.5 Å². The number of carbonyl (C=O) groups excluding carboxylic acids is 1. The van der Waals surface area contributed by atoms with Gasteiger partial charge in [-0.15, -0.1) is 0 Å². The molecule has 8 nitrogen and oxygen atoms in total. The zero-order chi connectivity index (χ0) is 24.4. The number of nitrogens with zero attached hydrogens (tertiary/aromatic N) is 4. The van der Waals surface area contributed by atoms with E-state index in [1.165, 1.54) is 4.68 Å². The largest absolute Gasteiger partial charge is 0.497 e. The molecule has 0 N–H and O–H groups in total. The quantitative estimate of drug-likeness (QED) is 0.445. The SMILES string of the molecule is COc1ccc(N2CCN(C(=O)c3nn(-c4cccc(OC)c4)c(=O)c4ccccc34)CC2)cc1. The normalized spacial score (nSPS) is 13.7. The Kier molecular flexibility index (Phi) is 6.10. The van der Waals surface area contributed by atoms with Gasteiger partial charge < -0.3 is 19.3 Å². The summed E-state index contributed by atoms with van der Waals surface area (Å²) in [5, 5.41) is 5.55. The van der Waals surface area contributed by atoms with Gasteiger partial charge in [0.05, 0.1) is 25.3 Å². The summed E-state index contributed by atoms with van der Waals surface area (Å²) in [7, 11) is 3.21. The van der Waals surface area contributed by atoms with Crippen molar-refractivity contribution in [2.45, 2.75) is 0 Å². The number of methoxy groups -OCH3 is 2. The van der Waals surface area contributed by atoms with Crippen LogP contribution in [0.4, 0.5) is 5.69 Å². The molecule has 8 heteroatoms. The second kappa shape index (κ2) is 9.50. The first kappa shape index (κ1) is 22.5. The molecule has 0 saturated carbocycles. The Morgan fingerprint density at radius 2 is 1.46 bits per heavy atom. The fourth-order valence-electron chi connectivity index (χ4n) is 4.38. The zero-order valence-electron chi connectivity index (χ0n) is 19.7. The summed E-state index contributed by atoms with van der Waals surface area (Å²) in [4.78, 5) is 30.9. The summed E-state index contributed by atoms with van der Waals surface area (Å²) in [6, 6.07) is 22.1. The van der Waals surface area contributed by atoms with Crippen molar-refractivity contribution in [1.82, 2.24) is 14.7 Å². The minimum Gasteiger partial charge on any atom is -0.497 e. The number of carbonyl (C=O) groups is 1. The van der Waals surface area contributed by atoms with Crippen molar-refractivity contribution in [2.75, 3.05) is 45.3 Å². The maximum Gasteiger partial charge on any atom is 0.279 e. The van der Waals surface area contributed by atoms with Gasteiger partial charge >= 0.3 is 0 Å². The highest BCUT2D eigenvalue weighted by Crippen LogP contribution is 2.23. The summed E-state index contributed by atoms with van der Waals surface area (Å²) in [6.45, 7) is 2.51. The van der Waals surface area contributed by atoms with Gasteiger partial charge in [0.2, 0.25) is 0 Å². The predicted octanol–water partition coefficient (Wildman–Crippen LogP) is 3.37. The van der Waals surface area contributed by atoms with Crippen molar-refractivity contribution in [2.24, 2.45) is 0 Å². The van der Waals surface area contributed by atoms with Crippen molar-refractivity contribution < 1.29 is 14.3 Å². The van der Waals surface area contributed by atoms with E-state index in [0.717, 1.165) is 11.4 Å². The first-order valence-electron chi connectivity index (χ1n) is 11.4. The van der Waals surface area contributed by atoms with Gasteiger partial charge in [-0.2, -0.15) is 9.78 Å². The molecule has 5 rings (SSSR count). The van der Waals surface area contributed by atoms with E-state index < -0.39 is 0 Å². The summed E-state index contributed by atoms with van der Waals surface area (Å²) >= 11 is 0. The van der Waals surface area contributed by atoms with Crippen LogP contribution in [0.25, 0.3) is 16.5 Å². The van der Waals surface area contributed by atoms with E-state index in [4.69, 9.17) is 9.47 Å². The molecule has 1 aliphatic rings. The Bertz CT molecular complexity index is 1420. The molecule has 1 aromatic heterocycles. The number of hydrogen-bond acceptors (Lipinski definition) is 6. The van der Waals surface area contributed by atoms with Gasteiger partial charge in [0.1, 0.15) is 11.5 Å². The van der Waals surface area contributed by atoms with Crippen LogP contribution in [0.2, 0.25) is 0 Å². The maximum atomic E-state index is 13.6. The number of anilines is 1. The van der Waals surface area contributed by atoms with Gasteiger partial charge in [0, 0.05) is 43.3 Å². The third kappa shape index (κ3) is 4.30. The summed E-state index contributed by atoms with van der Waals surface area (Å²) in [6.07, 6.45) is 0. The van der Waals surface area contributed by atoms with Gasteiger partial charge in [-0.1, -0.05) is 24.3 Å². The molecule has 0 spiro atoms. The van der Waals surface area contributed by atoms with Crippen LogP contribution < -0.4 is 19.9 Å². The second-order valence-corrected chi connectivity index (χ2v) is 8.29. The molecule has 4 aromatic rings. The number of fused-ring (bicyclic) bond motifs is 1. The van der Waals surface area contributed by atoms with E-state index >= 15 is 0 Å². The molecule has 2 heterocycles. The fourth-order valence-corrected chi connectivity index (χ4v) is 4.38. The monoisotopic (exact) mass is 470 g/mol. The summed E-state index contributed by atoms with van der Waals surface area (Å²) < 4.78 is 11.8. The highest BCUT2D eigenvalue weighted by atomic mass is 16.5. The minimum atomic E-state index is -0.283. The number of aromatic nitrogens is 2. The molecule has 0 aliphatic carbocycles. The third-order valence-corrected chi connectivity index (χ3v) is 6.31. The standard InChI is InChI=1S/C27H26N4O4/c1-34-21-12-10-19(11-13-21)29-14-16-30(17-15-29)27(33)25-23-8-3-4-9-24(23)26(32)31(28-25)20-6-5-7-22(18-20)35-2/h3-13,18H,14-17H2,1-2H3. The molecule has 0 unspecified atom stereocenters. The van der Waals surface area contributed by atoms with Crippen molar-refractivity contribution in [3.05, 3.63) is 88.8 Å². The van der Waals surface area contributed by atoms with Gasteiger partial charge in [-0.3, -0.25) is 9.59 Å². The van der Waals surface area contributed by atoms with Crippen LogP contribution in [0.5, 0.6) is 11.5 Å². The number of ether oxygens (including phenoxy) is 2. The van der Waals surface area contributed by atoms with E-state index in [2.05, 4.69) is 10.00 Å². The van der Waals surface area contributed by atoms with Crippen molar-refractivity contribution in [3.8, 4) is 17.2 Å². The molecular formula is C27H26N4O4. The topological polar surface area (TPSA) is 76.9 Å². The molecule has 1 aliphatic heterocycles. The van der Waals surface area contributed by atoms with E-state index in [1.54, 1.807) is 61.6 Å². The molecular weight excluding hydrogens is 444 g/mol. The summed E-state index contributed by atoms with van der Waals surface area (Å²) in [5.41, 5.74) is 1.61. The smallest absolute Gasteiger partial charge is 0.279 e. The van der Waals surface area contributed by atoms with Crippen molar-refractivity contribution >= 4 is 22.4 Å². The lowest BCUT2D eigenvalue weighted by molar-refractivity contribution is 0.0741. The van der Waals surface area contributed by atoms with Crippen LogP contribution in [0.15, 0.2) is 77.6 Å². The first-order valence-corrected chi connectivity index (χ1v) is 11.4. The third-order valence-electron chi connectivity index (χ3n) is 6.31. The van der Waals surface area contributed by atoms with E-state index in [9.17, 15) is 9.59 Å². The van der Waals surface area contributed by atoms with Crippen LogP contribution in [0, 0.1) is 0 Å². The number of amides is 1. The Morgan fingerprint density at radius 1 is 0.771 bits per heavy atom. The van der Waals surface area contributed by atoms with Crippen LogP contribution in [0.1, 0.15) is 10.5 Å². The van der Waals surface area contributed by atoms with Crippen molar-refractivity contribution in [3.63, 3.8) is 0 Å². The highest BCUT2D eigenvalue weighted by molar-refractivity contribution is 6.05. The van der Waals surface area contributed by atoms with Crippen LogP contribution in [-0.4, -0.2) is 61.0 Å². The Morgan fingerprint density at radius 3 is 2.14 bits per heavy atom. The molecule has 1 saturated heterocycles. The van der Waals surface area contributed by atoms with Crippen LogP contribution >= 0.6 is 0 Å². The van der Waals surface area contributed by atoms with Gasteiger partial charge in [-0.05, 0) is 42.5 Å². The predicted molar refractivity (Wildman–Crippen MR) is 135 cm³/mol. The zero-order valence-corrected chi connectivity index (χ0v) is 19.7. The molecule has 35 heavy (non-hydrogen) atoms. The first-order chi connectivity index (χ1) is 17.1.